The molecule has 2 aliphatic rings. The van der Waals surface area contributed by atoms with Crippen molar-refractivity contribution in [2.45, 2.75) is 91.3 Å². The zero-order valence-electron chi connectivity index (χ0n) is 39.0. The summed E-state index contributed by atoms with van der Waals surface area (Å²) in [6.45, 7) is 2.39. The summed E-state index contributed by atoms with van der Waals surface area (Å²) >= 11 is 19.8. The minimum Gasteiger partial charge on any atom is -0.459 e. The lowest BCUT2D eigenvalue weighted by atomic mass is 9.95. The molecule has 5 aromatic rings. The lowest BCUT2D eigenvalue weighted by Gasteiger charge is -2.50. The standard InChI is InChI=1S/C53H52Cl3NO14S/c1-3-72-51-41(57-52(62)53(54,55)56)44(64-30-35-21-11-5-12-22-35)42(39(68-51)31-63-29-34-19-9-4-10-20-34)71-50-46(70-49(61)38-27-17-8-18-28-38)45(66-33(2)58)43(69-48(60)37-25-15-7-16-26-37)40(67-50)32-65-47(59)36-23-13-6-14-24-36/h4-28,39-46,50-51H,3,29-32H2,1-2H3,(H,57,62)/t39-,40-,41-,42-,43+,44-,45+,46-,50+,51+/m1/s1. The van der Waals surface area contributed by atoms with Gasteiger partial charge in [0.05, 0.1) is 42.6 Å². The average Bonchev–Trinajstić information content (AvgIpc) is 3.39. The number of carbonyl (C=O) groups excluding carboxylic acids is 5. The van der Waals surface area contributed by atoms with Crippen LogP contribution < -0.4 is 5.32 Å². The summed E-state index contributed by atoms with van der Waals surface area (Å²) in [5.74, 6) is -3.89. The third kappa shape index (κ3) is 15.0. The fourth-order valence-corrected chi connectivity index (χ4v) is 9.09. The van der Waals surface area contributed by atoms with Gasteiger partial charge >= 0.3 is 23.9 Å². The maximum atomic E-state index is 14.2. The van der Waals surface area contributed by atoms with Crippen LogP contribution in [0.3, 0.4) is 0 Å². The quantitative estimate of drug-likeness (QED) is 0.0445. The summed E-state index contributed by atoms with van der Waals surface area (Å²) in [6.07, 6.45) is -11.9. The molecule has 0 radical (unpaired) electrons. The topological polar surface area (TPSA) is 180 Å². The van der Waals surface area contributed by atoms with E-state index in [0.29, 0.717) is 5.75 Å². The second kappa shape index (κ2) is 26.4. The molecule has 0 bridgehead atoms. The molecule has 2 fully saturated rings. The Morgan fingerprint density at radius 1 is 0.569 bits per heavy atom. The predicted molar refractivity (Wildman–Crippen MR) is 267 cm³/mol. The van der Waals surface area contributed by atoms with Crippen molar-refractivity contribution in [3.05, 3.63) is 179 Å². The van der Waals surface area contributed by atoms with Crippen molar-refractivity contribution < 1.29 is 66.6 Å². The zero-order valence-corrected chi connectivity index (χ0v) is 42.1. The Morgan fingerprint density at radius 3 is 1.57 bits per heavy atom. The number of halogens is 3. The summed E-state index contributed by atoms with van der Waals surface area (Å²) in [7, 11) is 0. The van der Waals surface area contributed by atoms with Gasteiger partial charge in [-0.05, 0) is 53.3 Å². The van der Waals surface area contributed by atoms with E-state index in [1.807, 2.05) is 67.6 Å². The molecule has 7 rings (SSSR count). The molecule has 1 N–H and O–H groups in total. The zero-order chi connectivity index (χ0) is 51.0. The van der Waals surface area contributed by atoms with Crippen LogP contribution in [0.2, 0.25) is 0 Å². The van der Waals surface area contributed by atoms with Crippen molar-refractivity contribution >= 4 is 76.3 Å². The van der Waals surface area contributed by atoms with Gasteiger partial charge in [0.1, 0.15) is 36.5 Å². The number of thioether (sulfide) groups is 1. The molecule has 0 aliphatic carbocycles. The molecule has 15 nitrogen and oxygen atoms in total. The average molecular weight is 1070 g/mol. The monoisotopic (exact) mass is 1060 g/mol. The Kier molecular flexibility index (Phi) is 19.9. The van der Waals surface area contributed by atoms with Gasteiger partial charge in [0.25, 0.3) is 9.70 Å². The summed E-state index contributed by atoms with van der Waals surface area (Å²) in [4.78, 5) is 68.6. The lowest BCUT2D eigenvalue weighted by Crippen LogP contribution is -2.68. The van der Waals surface area contributed by atoms with Gasteiger partial charge < -0.3 is 47.9 Å². The maximum Gasteiger partial charge on any atom is 0.338 e. The summed E-state index contributed by atoms with van der Waals surface area (Å²) in [6, 6.07) is 41.5. The summed E-state index contributed by atoms with van der Waals surface area (Å²) in [5.41, 5.74) is 1.15. The third-order valence-corrected chi connectivity index (χ3v) is 12.9. The Labute approximate surface area is 435 Å². The second-order valence-electron chi connectivity index (χ2n) is 16.4. The number of nitrogens with one attached hydrogen (secondary N) is 1. The van der Waals surface area contributed by atoms with Gasteiger partial charge in [-0.2, -0.15) is 0 Å². The van der Waals surface area contributed by atoms with Crippen LogP contribution in [0.15, 0.2) is 152 Å². The molecule has 0 saturated carbocycles. The van der Waals surface area contributed by atoms with Crippen LogP contribution in [0.5, 0.6) is 0 Å². The number of hydrogen-bond acceptors (Lipinski definition) is 15. The van der Waals surface area contributed by atoms with Gasteiger partial charge in [-0.1, -0.05) is 157 Å². The van der Waals surface area contributed by atoms with Crippen LogP contribution in [-0.2, 0) is 65.4 Å². The van der Waals surface area contributed by atoms with E-state index in [9.17, 15) is 24.0 Å². The van der Waals surface area contributed by atoms with E-state index >= 15 is 0 Å². The van der Waals surface area contributed by atoms with Crippen molar-refractivity contribution in [3.63, 3.8) is 0 Å². The molecular formula is C53H52Cl3NO14S. The number of ether oxygens (including phenoxy) is 9. The first-order valence-electron chi connectivity index (χ1n) is 22.9. The smallest absolute Gasteiger partial charge is 0.338 e. The van der Waals surface area contributed by atoms with Gasteiger partial charge in [-0.3, -0.25) is 9.59 Å². The van der Waals surface area contributed by atoms with E-state index in [-0.39, 0.29) is 36.5 Å². The molecule has 19 heteroatoms. The summed E-state index contributed by atoms with van der Waals surface area (Å²) in [5, 5.41) is 2.81. The number of alkyl halides is 3. The van der Waals surface area contributed by atoms with Gasteiger partial charge in [-0.25, -0.2) is 14.4 Å². The van der Waals surface area contributed by atoms with E-state index in [0.717, 1.165) is 18.1 Å². The fourth-order valence-electron chi connectivity index (χ4n) is 7.94. The summed E-state index contributed by atoms with van der Waals surface area (Å²) < 4.78 is 55.3. The molecule has 2 saturated heterocycles. The van der Waals surface area contributed by atoms with Crippen molar-refractivity contribution in [1.82, 2.24) is 5.32 Å². The number of benzene rings is 5. The molecule has 1 amide bonds. The predicted octanol–water partition coefficient (Wildman–Crippen LogP) is 8.47. The minimum absolute atomic E-state index is 0.0315. The molecule has 72 heavy (non-hydrogen) atoms. The maximum absolute atomic E-state index is 14.2. The molecule has 10 atom stereocenters. The number of hydrogen-bond donors (Lipinski definition) is 1. The van der Waals surface area contributed by atoms with Crippen LogP contribution >= 0.6 is 46.6 Å². The molecule has 5 aromatic carbocycles. The Hall–Kier alpha value is -5.53. The Morgan fingerprint density at radius 2 is 1.06 bits per heavy atom. The number of esters is 4. The van der Waals surface area contributed by atoms with Crippen molar-refractivity contribution in [2.24, 2.45) is 0 Å². The van der Waals surface area contributed by atoms with E-state index in [4.69, 9.17) is 77.4 Å². The molecule has 0 unspecified atom stereocenters. The highest BCUT2D eigenvalue weighted by Gasteiger charge is 2.57. The van der Waals surface area contributed by atoms with Crippen LogP contribution in [0.4, 0.5) is 0 Å². The van der Waals surface area contributed by atoms with Crippen LogP contribution in [0, 0.1) is 0 Å². The van der Waals surface area contributed by atoms with Gasteiger partial charge in [0, 0.05) is 6.92 Å². The van der Waals surface area contributed by atoms with Gasteiger partial charge in [0.2, 0.25) is 0 Å². The van der Waals surface area contributed by atoms with Crippen LogP contribution in [0.25, 0.3) is 0 Å². The molecule has 2 aliphatic heterocycles. The van der Waals surface area contributed by atoms with Crippen molar-refractivity contribution in [1.29, 1.82) is 0 Å². The highest BCUT2D eigenvalue weighted by Crippen LogP contribution is 2.38. The SMILES string of the molecule is CCS[C@@H]1O[C@H](COCc2ccccc2)[C@@H](O[C@@H]2O[C@H](COC(=O)c3ccccc3)[C@H](OC(=O)c3ccccc3)[C@H](OC(C)=O)[C@H]2OC(=O)c2ccccc2)[C@H](OCc2ccccc2)[C@H]1NC(=O)C(Cl)(Cl)Cl. The molecule has 380 valence electrons. The fraction of sp³-hybridized carbons (Fsp3) is 0.340. The minimum atomic E-state index is -2.42. The van der Waals surface area contributed by atoms with Gasteiger partial charge in [-0.15, -0.1) is 11.8 Å². The van der Waals surface area contributed by atoms with E-state index in [1.54, 1.807) is 66.7 Å². The Balaban J connectivity index is 1.35. The van der Waals surface area contributed by atoms with Gasteiger partial charge in [0.15, 0.2) is 24.6 Å². The molecule has 2 heterocycles. The molecule has 0 aromatic heterocycles. The third-order valence-electron chi connectivity index (χ3n) is 11.3. The largest absolute Gasteiger partial charge is 0.459 e. The van der Waals surface area contributed by atoms with Crippen LogP contribution in [0.1, 0.15) is 56.0 Å². The second-order valence-corrected chi connectivity index (χ2v) is 20.1. The first-order chi connectivity index (χ1) is 34.8. The van der Waals surface area contributed by atoms with E-state index < -0.39 is 101 Å². The molecular weight excluding hydrogens is 1010 g/mol. The van der Waals surface area contributed by atoms with Crippen molar-refractivity contribution in [2.75, 3.05) is 19.0 Å². The van der Waals surface area contributed by atoms with E-state index in [1.165, 1.54) is 36.0 Å². The lowest BCUT2D eigenvalue weighted by molar-refractivity contribution is -0.335. The highest BCUT2D eigenvalue weighted by molar-refractivity contribution is 7.99. The van der Waals surface area contributed by atoms with Crippen molar-refractivity contribution in [3.8, 4) is 0 Å². The number of carbonyl (C=O) groups is 5. The van der Waals surface area contributed by atoms with E-state index in [2.05, 4.69) is 5.32 Å². The molecule has 0 spiro atoms. The Bertz CT molecular complexity index is 2530. The highest BCUT2D eigenvalue weighted by atomic mass is 35.6. The first-order valence-corrected chi connectivity index (χ1v) is 25.1. The number of rotatable bonds is 20. The first kappa shape index (κ1) is 54.2. The normalized spacial score (nSPS) is 24.0. The number of amides is 1. The van der Waals surface area contributed by atoms with Crippen LogP contribution in [-0.4, -0.2) is 113 Å².